The van der Waals surface area contributed by atoms with E-state index in [2.05, 4.69) is 19.1 Å². The van der Waals surface area contributed by atoms with Crippen molar-refractivity contribution in [3.05, 3.63) is 12.2 Å². The molecule has 56 valence electrons. The van der Waals surface area contributed by atoms with E-state index in [4.69, 9.17) is 0 Å². The third-order valence-electron chi connectivity index (χ3n) is 3.26. The first kappa shape index (κ1) is 6.45. The molecule has 0 aromatic carbocycles. The highest BCUT2D eigenvalue weighted by Gasteiger charge is 2.44. The fourth-order valence-electron chi connectivity index (χ4n) is 2.40. The Morgan fingerprint density at radius 1 is 1.00 bits per heavy atom. The Kier molecular flexibility index (Phi) is 1.55. The van der Waals surface area contributed by atoms with Crippen molar-refractivity contribution in [2.45, 2.75) is 32.6 Å². The summed E-state index contributed by atoms with van der Waals surface area (Å²) < 4.78 is 0. The molecule has 1 saturated carbocycles. The highest BCUT2D eigenvalue weighted by molar-refractivity contribution is 4.99. The maximum atomic E-state index is 2.42. The number of hydrogen-bond acceptors (Lipinski definition) is 0. The third kappa shape index (κ3) is 1.00. The molecule has 0 spiro atoms. The van der Waals surface area contributed by atoms with Crippen molar-refractivity contribution < 1.29 is 0 Å². The van der Waals surface area contributed by atoms with Gasteiger partial charge in [-0.1, -0.05) is 19.1 Å². The van der Waals surface area contributed by atoms with E-state index in [0.29, 0.717) is 0 Å². The van der Waals surface area contributed by atoms with E-state index in [-0.39, 0.29) is 0 Å². The molecule has 1 fully saturated rings. The Morgan fingerprint density at radius 3 is 2.00 bits per heavy atom. The van der Waals surface area contributed by atoms with Crippen LogP contribution in [-0.2, 0) is 0 Å². The van der Waals surface area contributed by atoms with Gasteiger partial charge >= 0.3 is 0 Å². The summed E-state index contributed by atoms with van der Waals surface area (Å²) in [4.78, 5) is 0. The van der Waals surface area contributed by atoms with Gasteiger partial charge < -0.3 is 0 Å². The highest BCUT2D eigenvalue weighted by atomic mass is 14.5. The summed E-state index contributed by atoms with van der Waals surface area (Å²) in [6, 6.07) is 0. The van der Waals surface area contributed by atoms with Gasteiger partial charge in [-0.3, -0.25) is 0 Å². The smallest absolute Gasteiger partial charge is 0.0348 e. The van der Waals surface area contributed by atoms with Crippen LogP contribution in [0.3, 0.4) is 0 Å². The van der Waals surface area contributed by atoms with Gasteiger partial charge in [0.05, 0.1) is 0 Å². The molecule has 0 heteroatoms. The van der Waals surface area contributed by atoms with Crippen LogP contribution in [0.5, 0.6) is 0 Å². The fourth-order valence-corrected chi connectivity index (χ4v) is 2.40. The quantitative estimate of drug-likeness (QED) is 0.449. The first-order chi connectivity index (χ1) is 4.89. The highest BCUT2D eigenvalue weighted by Crippen LogP contribution is 2.52. The first-order valence-electron chi connectivity index (χ1n) is 4.54. The average molecular weight is 136 g/mol. The van der Waals surface area contributed by atoms with Crippen LogP contribution in [-0.4, -0.2) is 0 Å². The van der Waals surface area contributed by atoms with Crippen molar-refractivity contribution in [2.24, 2.45) is 17.8 Å². The summed E-state index contributed by atoms with van der Waals surface area (Å²) in [5, 5.41) is 0. The summed E-state index contributed by atoms with van der Waals surface area (Å²) in [7, 11) is 0. The molecule has 0 amide bonds. The molecular weight excluding hydrogens is 120 g/mol. The predicted molar refractivity (Wildman–Crippen MR) is 43.8 cm³/mol. The summed E-state index contributed by atoms with van der Waals surface area (Å²) in [5.74, 6) is 3.26. The monoisotopic (exact) mass is 136 g/mol. The lowest BCUT2D eigenvalue weighted by Crippen LogP contribution is -1.85. The van der Waals surface area contributed by atoms with E-state index in [1.54, 1.807) is 0 Å². The summed E-state index contributed by atoms with van der Waals surface area (Å²) >= 11 is 0. The Hall–Kier alpha value is -0.260. The normalized spacial score (nSPS) is 48.7. The second kappa shape index (κ2) is 2.41. The lowest BCUT2D eigenvalue weighted by molar-refractivity contribution is 0.605. The van der Waals surface area contributed by atoms with Gasteiger partial charge in [0.25, 0.3) is 0 Å². The Bertz CT molecular complexity index is 130. The largest absolute Gasteiger partial charge is 0.0885 e. The summed E-state index contributed by atoms with van der Waals surface area (Å²) in [5.41, 5.74) is 0. The molecule has 2 aliphatic rings. The second-order valence-corrected chi connectivity index (χ2v) is 3.81. The lowest BCUT2D eigenvalue weighted by atomic mass is 10.1. The molecule has 0 radical (unpaired) electrons. The standard InChI is InChI=1S/C10H16/c1-8-9-6-4-2-3-5-7-10(8)9/h2-3,8-10H,4-7H2,1H3/b3-2+. The van der Waals surface area contributed by atoms with Crippen LogP contribution in [0.4, 0.5) is 0 Å². The van der Waals surface area contributed by atoms with E-state index in [9.17, 15) is 0 Å². The minimum absolute atomic E-state index is 1.06. The number of rotatable bonds is 0. The minimum Gasteiger partial charge on any atom is -0.0885 e. The molecule has 2 rings (SSSR count). The van der Waals surface area contributed by atoms with Crippen molar-refractivity contribution in [3.8, 4) is 0 Å². The van der Waals surface area contributed by atoms with Crippen LogP contribution in [0.1, 0.15) is 32.6 Å². The molecule has 10 heavy (non-hydrogen) atoms. The maximum Gasteiger partial charge on any atom is -0.0348 e. The Labute approximate surface area is 63.3 Å². The van der Waals surface area contributed by atoms with Crippen LogP contribution in [0.15, 0.2) is 12.2 Å². The average Bonchev–Trinajstić information content (AvgIpc) is 2.39. The van der Waals surface area contributed by atoms with E-state index in [0.717, 1.165) is 17.8 Å². The van der Waals surface area contributed by atoms with E-state index >= 15 is 0 Å². The van der Waals surface area contributed by atoms with Crippen LogP contribution in [0, 0.1) is 17.8 Å². The predicted octanol–water partition coefficient (Wildman–Crippen LogP) is 3.00. The SMILES string of the molecule is CC1C2CC/C=C/CCC12. The Balaban J connectivity index is 1.94. The van der Waals surface area contributed by atoms with Gasteiger partial charge in [0.2, 0.25) is 0 Å². The number of allylic oxidation sites excluding steroid dienone is 2. The Morgan fingerprint density at radius 2 is 1.50 bits per heavy atom. The molecule has 0 heterocycles. The van der Waals surface area contributed by atoms with Gasteiger partial charge in [0.1, 0.15) is 0 Å². The van der Waals surface area contributed by atoms with Crippen molar-refractivity contribution >= 4 is 0 Å². The zero-order valence-corrected chi connectivity index (χ0v) is 6.72. The van der Waals surface area contributed by atoms with Gasteiger partial charge in [0, 0.05) is 0 Å². The molecule has 0 aromatic heterocycles. The lowest BCUT2D eigenvalue weighted by Gasteiger charge is -1.99. The number of hydrogen-bond donors (Lipinski definition) is 0. The van der Waals surface area contributed by atoms with Gasteiger partial charge in [-0.05, 0) is 43.4 Å². The van der Waals surface area contributed by atoms with E-state index in [1.165, 1.54) is 25.7 Å². The molecule has 0 N–H and O–H groups in total. The molecule has 0 nitrogen and oxygen atoms in total. The van der Waals surface area contributed by atoms with Gasteiger partial charge in [0.15, 0.2) is 0 Å². The van der Waals surface area contributed by atoms with Crippen molar-refractivity contribution in [2.75, 3.05) is 0 Å². The summed E-state index contributed by atoms with van der Waals surface area (Å²) in [6.45, 7) is 2.42. The zero-order chi connectivity index (χ0) is 6.97. The van der Waals surface area contributed by atoms with Crippen LogP contribution >= 0.6 is 0 Å². The zero-order valence-electron chi connectivity index (χ0n) is 6.72. The van der Waals surface area contributed by atoms with Crippen LogP contribution in [0.2, 0.25) is 0 Å². The molecule has 2 unspecified atom stereocenters. The van der Waals surface area contributed by atoms with E-state index in [1.807, 2.05) is 0 Å². The fraction of sp³-hybridized carbons (Fsp3) is 0.800. The van der Waals surface area contributed by atoms with Crippen molar-refractivity contribution in [3.63, 3.8) is 0 Å². The van der Waals surface area contributed by atoms with E-state index < -0.39 is 0 Å². The molecule has 2 atom stereocenters. The van der Waals surface area contributed by atoms with Crippen LogP contribution < -0.4 is 0 Å². The van der Waals surface area contributed by atoms with Crippen molar-refractivity contribution in [1.29, 1.82) is 0 Å². The first-order valence-corrected chi connectivity index (χ1v) is 4.54. The molecule has 2 aliphatic carbocycles. The third-order valence-corrected chi connectivity index (χ3v) is 3.26. The van der Waals surface area contributed by atoms with Crippen LogP contribution in [0.25, 0.3) is 0 Å². The van der Waals surface area contributed by atoms with Gasteiger partial charge in [-0.2, -0.15) is 0 Å². The second-order valence-electron chi connectivity index (χ2n) is 3.81. The maximum absolute atomic E-state index is 2.42. The van der Waals surface area contributed by atoms with Gasteiger partial charge in [-0.15, -0.1) is 0 Å². The topological polar surface area (TPSA) is 0 Å². The van der Waals surface area contributed by atoms with Crippen molar-refractivity contribution in [1.82, 2.24) is 0 Å². The molecular formula is C10H16. The summed E-state index contributed by atoms with van der Waals surface area (Å²) in [6.07, 6.45) is 10.3. The molecule has 0 aliphatic heterocycles. The molecule has 0 bridgehead atoms. The molecule has 0 saturated heterocycles. The minimum atomic E-state index is 1.06. The molecule has 0 aromatic rings. The van der Waals surface area contributed by atoms with Gasteiger partial charge in [-0.25, -0.2) is 0 Å². The number of fused-ring (bicyclic) bond motifs is 1.